The number of fused-ring (bicyclic) bond motifs is 1. The van der Waals surface area contributed by atoms with Gasteiger partial charge in [0.15, 0.2) is 0 Å². The van der Waals surface area contributed by atoms with E-state index < -0.39 is 0 Å². The molecule has 28 heavy (non-hydrogen) atoms. The fourth-order valence-electron chi connectivity index (χ4n) is 4.30. The molecule has 0 radical (unpaired) electrons. The van der Waals surface area contributed by atoms with E-state index in [0.29, 0.717) is 17.5 Å². The highest BCUT2D eigenvalue weighted by atomic mass is 35.5. The minimum atomic E-state index is 0.103. The number of nitrogens with zero attached hydrogens (tertiary/aromatic N) is 3. The molecule has 7 heteroatoms. The molecule has 1 aromatic heterocycles. The average Bonchev–Trinajstić information content (AvgIpc) is 3.35. The van der Waals surface area contributed by atoms with Crippen LogP contribution in [0.3, 0.4) is 0 Å². The van der Waals surface area contributed by atoms with E-state index >= 15 is 0 Å². The Morgan fingerprint density at radius 2 is 2.00 bits per heavy atom. The van der Waals surface area contributed by atoms with Gasteiger partial charge in [-0.2, -0.15) is 0 Å². The van der Waals surface area contributed by atoms with Crippen molar-refractivity contribution in [3.63, 3.8) is 0 Å². The van der Waals surface area contributed by atoms with Crippen LogP contribution in [0.4, 0.5) is 5.69 Å². The van der Waals surface area contributed by atoms with E-state index in [1.807, 2.05) is 36.3 Å². The maximum absolute atomic E-state index is 12.6. The second-order valence-electron chi connectivity index (χ2n) is 7.99. The number of anilines is 1. The lowest BCUT2D eigenvalue weighted by Crippen LogP contribution is -2.34. The molecule has 2 atom stereocenters. The van der Waals surface area contributed by atoms with Crippen LogP contribution < -0.4 is 5.32 Å². The molecule has 2 saturated heterocycles. The van der Waals surface area contributed by atoms with Gasteiger partial charge in [0.25, 0.3) is 5.91 Å². The first-order chi connectivity index (χ1) is 13.5. The number of nitrogens with one attached hydrogen (secondary N) is 1. The minimum absolute atomic E-state index is 0.103. The first-order valence-corrected chi connectivity index (χ1v) is 11.2. The van der Waals surface area contributed by atoms with Crippen molar-refractivity contribution in [1.29, 1.82) is 0 Å². The Labute approximate surface area is 175 Å². The smallest absolute Gasteiger partial charge is 0.273 e. The number of carbonyl (C=O) groups is 1. The highest BCUT2D eigenvalue weighted by Crippen LogP contribution is 2.32. The zero-order chi connectivity index (χ0) is 19.7. The van der Waals surface area contributed by atoms with Crippen molar-refractivity contribution in [3.05, 3.63) is 44.9 Å². The number of likely N-dealkylation sites (tertiary alicyclic amines) is 2. The molecule has 3 heterocycles. The van der Waals surface area contributed by atoms with Crippen LogP contribution in [0.5, 0.6) is 0 Å². The fourth-order valence-corrected chi connectivity index (χ4v) is 5.07. The van der Waals surface area contributed by atoms with E-state index in [2.05, 4.69) is 21.3 Å². The molecule has 0 spiro atoms. The quantitative estimate of drug-likeness (QED) is 0.722. The van der Waals surface area contributed by atoms with Crippen molar-refractivity contribution >= 4 is 34.5 Å². The molecule has 2 unspecified atom stereocenters. The second kappa shape index (κ2) is 8.39. The summed E-state index contributed by atoms with van der Waals surface area (Å²) in [6, 6.07) is 6.12. The standard InChI is InChI=1S/C21H27ClN4OS/c1-14-4-5-18(8-19(14)22)23-6-3-7-25-9-16-11-26(12-17(16)10-25)21(27)20-13-28-15(2)24-20/h4-5,8,13,16-17,23H,3,6-7,9-12H2,1-2H3. The first-order valence-electron chi connectivity index (χ1n) is 9.93. The third-order valence-corrected chi connectivity index (χ3v) is 7.02. The Morgan fingerprint density at radius 1 is 1.25 bits per heavy atom. The monoisotopic (exact) mass is 418 g/mol. The van der Waals surface area contributed by atoms with Crippen molar-refractivity contribution in [2.24, 2.45) is 11.8 Å². The van der Waals surface area contributed by atoms with Crippen LogP contribution in [0.1, 0.15) is 27.5 Å². The van der Waals surface area contributed by atoms with E-state index in [0.717, 1.165) is 67.0 Å². The van der Waals surface area contributed by atoms with Gasteiger partial charge in [-0.05, 0) is 56.3 Å². The van der Waals surface area contributed by atoms with Gasteiger partial charge in [-0.1, -0.05) is 17.7 Å². The van der Waals surface area contributed by atoms with Crippen molar-refractivity contribution in [3.8, 4) is 0 Å². The Morgan fingerprint density at radius 3 is 2.64 bits per heavy atom. The topological polar surface area (TPSA) is 48.5 Å². The van der Waals surface area contributed by atoms with Gasteiger partial charge in [-0.25, -0.2) is 4.98 Å². The minimum Gasteiger partial charge on any atom is -0.385 e. The second-order valence-corrected chi connectivity index (χ2v) is 9.46. The highest BCUT2D eigenvalue weighted by molar-refractivity contribution is 7.09. The largest absolute Gasteiger partial charge is 0.385 e. The summed E-state index contributed by atoms with van der Waals surface area (Å²) in [6.07, 6.45) is 1.10. The van der Waals surface area contributed by atoms with Crippen LogP contribution in [0.15, 0.2) is 23.6 Å². The number of aryl methyl sites for hydroxylation is 2. The SMILES string of the molecule is Cc1nc(C(=O)N2CC3CN(CCCNc4ccc(C)c(Cl)c4)CC3C2)cs1. The first kappa shape index (κ1) is 19.7. The summed E-state index contributed by atoms with van der Waals surface area (Å²) in [4.78, 5) is 21.5. The highest BCUT2D eigenvalue weighted by Gasteiger charge is 2.41. The van der Waals surface area contributed by atoms with Gasteiger partial charge in [0, 0.05) is 48.8 Å². The van der Waals surface area contributed by atoms with Crippen LogP contribution in [-0.2, 0) is 0 Å². The molecule has 2 aliphatic heterocycles. The number of carbonyl (C=O) groups excluding carboxylic acids is 1. The van der Waals surface area contributed by atoms with E-state index in [1.54, 1.807) is 11.3 Å². The van der Waals surface area contributed by atoms with Crippen molar-refractivity contribution in [2.45, 2.75) is 20.3 Å². The van der Waals surface area contributed by atoms with Gasteiger partial charge >= 0.3 is 0 Å². The Hall–Kier alpha value is -1.63. The third kappa shape index (κ3) is 4.34. The normalized spacial score (nSPS) is 21.9. The van der Waals surface area contributed by atoms with Gasteiger partial charge < -0.3 is 15.1 Å². The molecule has 1 N–H and O–H groups in total. The van der Waals surface area contributed by atoms with Crippen molar-refractivity contribution in [2.75, 3.05) is 44.6 Å². The molecule has 0 saturated carbocycles. The molecular weight excluding hydrogens is 392 g/mol. The number of thiazole rings is 1. The van der Waals surface area contributed by atoms with Crippen LogP contribution in [-0.4, -0.2) is 60.0 Å². The van der Waals surface area contributed by atoms with Crippen LogP contribution in [0.2, 0.25) is 5.02 Å². The molecule has 0 bridgehead atoms. The summed E-state index contributed by atoms with van der Waals surface area (Å²) in [5.74, 6) is 1.31. The zero-order valence-corrected chi connectivity index (χ0v) is 18.0. The van der Waals surface area contributed by atoms with Crippen molar-refractivity contribution in [1.82, 2.24) is 14.8 Å². The lowest BCUT2D eigenvalue weighted by molar-refractivity contribution is 0.0769. The lowest BCUT2D eigenvalue weighted by Gasteiger charge is -2.21. The maximum Gasteiger partial charge on any atom is 0.273 e. The van der Waals surface area contributed by atoms with E-state index in [-0.39, 0.29) is 5.91 Å². The predicted molar refractivity (Wildman–Crippen MR) is 115 cm³/mol. The van der Waals surface area contributed by atoms with Crippen LogP contribution >= 0.6 is 22.9 Å². The number of rotatable bonds is 6. The van der Waals surface area contributed by atoms with Gasteiger partial charge in [-0.3, -0.25) is 4.79 Å². The fraction of sp³-hybridized carbons (Fsp3) is 0.524. The van der Waals surface area contributed by atoms with E-state index in [1.165, 1.54) is 0 Å². The number of benzene rings is 1. The summed E-state index contributed by atoms with van der Waals surface area (Å²) >= 11 is 7.72. The van der Waals surface area contributed by atoms with Gasteiger partial charge in [0.2, 0.25) is 0 Å². The summed E-state index contributed by atoms with van der Waals surface area (Å²) in [5, 5.41) is 7.10. The Bertz CT molecular complexity index is 841. The average molecular weight is 419 g/mol. The molecule has 5 nitrogen and oxygen atoms in total. The Kier molecular flexibility index (Phi) is 5.90. The zero-order valence-electron chi connectivity index (χ0n) is 16.4. The molecular formula is C21H27ClN4OS. The number of amides is 1. The molecule has 150 valence electrons. The van der Waals surface area contributed by atoms with Crippen LogP contribution in [0, 0.1) is 25.7 Å². The molecule has 2 aromatic rings. The Balaban J connectivity index is 1.19. The number of hydrogen-bond acceptors (Lipinski definition) is 5. The van der Waals surface area contributed by atoms with Crippen LogP contribution in [0.25, 0.3) is 0 Å². The number of hydrogen-bond donors (Lipinski definition) is 1. The molecule has 2 aliphatic rings. The molecule has 1 amide bonds. The summed E-state index contributed by atoms with van der Waals surface area (Å²) in [7, 11) is 0. The van der Waals surface area contributed by atoms with E-state index in [4.69, 9.17) is 11.6 Å². The van der Waals surface area contributed by atoms with Crippen molar-refractivity contribution < 1.29 is 4.79 Å². The third-order valence-electron chi connectivity index (χ3n) is 5.84. The molecule has 2 fully saturated rings. The number of halogens is 1. The molecule has 0 aliphatic carbocycles. The predicted octanol–water partition coefficient (Wildman–Crippen LogP) is 3.92. The van der Waals surface area contributed by atoms with Gasteiger partial charge in [0.1, 0.15) is 5.69 Å². The molecule has 4 rings (SSSR count). The van der Waals surface area contributed by atoms with E-state index in [9.17, 15) is 4.79 Å². The van der Waals surface area contributed by atoms with Gasteiger partial charge in [-0.15, -0.1) is 11.3 Å². The summed E-state index contributed by atoms with van der Waals surface area (Å²) in [6.45, 7) is 9.94. The lowest BCUT2D eigenvalue weighted by atomic mass is 10.0. The summed E-state index contributed by atoms with van der Waals surface area (Å²) < 4.78 is 0. The summed E-state index contributed by atoms with van der Waals surface area (Å²) in [5.41, 5.74) is 2.80. The number of aromatic nitrogens is 1. The molecule has 1 aromatic carbocycles. The van der Waals surface area contributed by atoms with Gasteiger partial charge in [0.05, 0.1) is 5.01 Å². The maximum atomic E-state index is 12.6.